The monoisotopic (exact) mass is 195 g/mol. The van der Waals surface area contributed by atoms with Crippen molar-refractivity contribution >= 4 is 11.6 Å². The maximum Gasteiger partial charge on any atom is 0.0444 e. The van der Waals surface area contributed by atoms with Crippen LogP contribution in [0.4, 0.5) is 0 Å². The predicted molar refractivity (Wildman–Crippen MR) is 56.1 cm³/mol. The third-order valence-corrected chi connectivity index (χ3v) is 3.05. The molecule has 1 atom stereocenters. The van der Waals surface area contributed by atoms with Gasteiger partial charge in [0.1, 0.15) is 0 Å². The highest BCUT2D eigenvalue weighted by Gasteiger charge is 2.15. The quantitative estimate of drug-likeness (QED) is 0.733. The van der Waals surface area contributed by atoms with Crippen molar-refractivity contribution in [2.24, 2.45) is 5.73 Å². The minimum absolute atomic E-state index is 0.0865. The molecule has 0 radical (unpaired) electrons. The second-order valence-electron chi connectivity index (χ2n) is 3.78. The maximum absolute atomic E-state index is 6.16. The number of nitrogens with two attached hydrogens (primary N) is 1. The summed E-state index contributed by atoms with van der Waals surface area (Å²) in [5.74, 6) is 0. The van der Waals surface area contributed by atoms with Gasteiger partial charge in [-0.1, -0.05) is 17.7 Å². The number of fused-ring (bicyclic) bond motifs is 1. The molecule has 1 aliphatic rings. The lowest BCUT2D eigenvalue weighted by atomic mass is 10.0. The molecular weight excluding hydrogens is 182 g/mol. The van der Waals surface area contributed by atoms with E-state index in [1.54, 1.807) is 0 Å². The number of benzene rings is 1. The average molecular weight is 196 g/mol. The lowest BCUT2D eigenvalue weighted by Crippen LogP contribution is -2.05. The van der Waals surface area contributed by atoms with Gasteiger partial charge in [0.05, 0.1) is 0 Å². The Kier molecular flexibility index (Phi) is 2.31. The Labute approximate surface area is 83.9 Å². The summed E-state index contributed by atoms with van der Waals surface area (Å²) in [7, 11) is 0. The lowest BCUT2D eigenvalue weighted by molar-refractivity contribution is 0.815. The maximum atomic E-state index is 6.16. The van der Waals surface area contributed by atoms with E-state index in [1.807, 2.05) is 13.0 Å². The Bertz CT molecular complexity index is 331. The molecule has 0 spiro atoms. The lowest BCUT2D eigenvalue weighted by Gasteiger charge is -2.09. The molecule has 0 bridgehead atoms. The Morgan fingerprint density at radius 2 is 2.15 bits per heavy atom. The van der Waals surface area contributed by atoms with Crippen molar-refractivity contribution < 1.29 is 0 Å². The fourth-order valence-electron chi connectivity index (χ4n) is 1.94. The molecule has 1 nitrogen and oxygen atoms in total. The number of rotatable bonds is 1. The van der Waals surface area contributed by atoms with Crippen LogP contribution in [0.25, 0.3) is 0 Å². The average Bonchev–Trinajstić information content (AvgIpc) is 2.51. The highest BCUT2D eigenvalue weighted by Crippen LogP contribution is 2.31. The van der Waals surface area contributed by atoms with Gasteiger partial charge in [0, 0.05) is 11.1 Å². The molecule has 0 saturated carbocycles. The van der Waals surface area contributed by atoms with Crippen LogP contribution in [0, 0.1) is 0 Å². The third-order valence-electron chi connectivity index (χ3n) is 2.71. The van der Waals surface area contributed by atoms with E-state index in [0.29, 0.717) is 0 Å². The van der Waals surface area contributed by atoms with E-state index in [1.165, 1.54) is 17.5 Å². The van der Waals surface area contributed by atoms with Gasteiger partial charge in [-0.05, 0) is 48.9 Å². The van der Waals surface area contributed by atoms with Crippen LogP contribution in [-0.4, -0.2) is 0 Å². The molecular formula is C11H14ClN. The van der Waals surface area contributed by atoms with Crippen LogP contribution in [-0.2, 0) is 12.8 Å². The number of hydrogen-bond donors (Lipinski definition) is 1. The topological polar surface area (TPSA) is 26.0 Å². The van der Waals surface area contributed by atoms with Gasteiger partial charge in [0.15, 0.2) is 0 Å². The van der Waals surface area contributed by atoms with Gasteiger partial charge in [-0.3, -0.25) is 0 Å². The van der Waals surface area contributed by atoms with Gasteiger partial charge in [-0.2, -0.15) is 0 Å². The first-order valence-electron chi connectivity index (χ1n) is 4.75. The Hall–Kier alpha value is -0.530. The van der Waals surface area contributed by atoms with Gasteiger partial charge < -0.3 is 5.73 Å². The Balaban J connectivity index is 2.49. The van der Waals surface area contributed by atoms with E-state index in [-0.39, 0.29) is 6.04 Å². The Morgan fingerprint density at radius 1 is 1.38 bits per heavy atom. The fraction of sp³-hybridized carbons (Fsp3) is 0.455. The zero-order valence-electron chi connectivity index (χ0n) is 7.81. The minimum Gasteiger partial charge on any atom is -0.324 e. The molecule has 2 rings (SSSR count). The van der Waals surface area contributed by atoms with E-state index in [4.69, 9.17) is 17.3 Å². The molecule has 0 unspecified atom stereocenters. The normalized spacial score (nSPS) is 17.2. The minimum atomic E-state index is 0.0865. The van der Waals surface area contributed by atoms with Crippen molar-refractivity contribution in [3.05, 3.63) is 33.8 Å². The summed E-state index contributed by atoms with van der Waals surface area (Å²) >= 11 is 6.16. The van der Waals surface area contributed by atoms with Gasteiger partial charge in [0.25, 0.3) is 0 Å². The standard InChI is InChI=1S/C11H14ClN/c1-7(13)9-5-8-3-2-4-10(8)11(12)6-9/h5-7H,2-4,13H2,1H3/t7-/m0/s1. The van der Waals surface area contributed by atoms with Crippen LogP contribution in [0.5, 0.6) is 0 Å². The van der Waals surface area contributed by atoms with Crippen molar-refractivity contribution in [2.45, 2.75) is 32.2 Å². The van der Waals surface area contributed by atoms with Gasteiger partial charge in [-0.15, -0.1) is 0 Å². The van der Waals surface area contributed by atoms with E-state index in [0.717, 1.165) is 23.4 Å². The van der Waals surface area contributed by atoms with Crippen molar-refractivity contribution in [3.8, 4) is 0 Å². The second-order valence-corrected chi connectivity index (χ2v) is 4.19. The zero-order chi connectivity index (χ0) is 9.42. The van der Waals surface area contributed by atoms with Crippen molar-refractivity contribution in [1.29, 1.82) is 0 Å². The first kappa shape index (κ1) is 9.04. The largest absolute Gasteiger partial charge is 0.324 e. The van der Waals surface area contributed by atoms with Crippen molar-refractivity contribution in [3.63, 3.8) is 0 Å². The van der Waals surface area contributed by atoms with Gasteiger partial charge >= 0.3 is 0 Å². The number of hydrogen-bond acceptors (Lipinski definition) is 1. The van der Waals surface area contributed by atoms with Crippen LogP contribution >= 0.6 is 11.6 Å². The molecule has 2 heteroatoms. The molecule has 0 aromatic heterocycles. The highest BCUT2D eigenvalue weighted by atomic mass is 35.5. The van der Waals surface area contributed by atoms with Gasteiger partial charge in [0.2, 0.25) is 0 Å². The molecule has 0 fully saturated rings. The van der Waals surface area contributed by atoms with Crippen LogP contribution < -0.4 is 5.73 Å². The molecule has 70 valence electrons. The number of halogens is 1. The second kappa shape index (κ2) is 3.32. The summed E-state index contributed by atoms with van der Waals surface area (Å²) in [6, 6.07) is 4.30. The van der Waals surface area contributed by atoms with Crippen LogP contribution in [0.3, 0.4) is 0 Å². The van der Waals surface area contributed by atoms with E-state index in [9.17, 15) is 0 Å². The number of aryl methyl sites for hydroxylation is 1. The predicted octanol–water partition coefficient (Wildman–Crippen LogP) is 2.85. The molecule has 0 heterocycles. The Morgan fingerprint density at radius 3 is 2.85 bits per heavy atom. The van der Waals surface area contributed by atoms with Gasteiger partial charge in [-0.25, -0.2) is 0 Å². The summed E-state index contributed by atoms with van der Waals surface area (Å²) in [6.07, 6.45) is 3.53. The first-order valence-corrected chi connectivity index (χ1v) is 5.13. The summed E-state index contributed by atoms with van der Waals surface area (Å²) < 4.78 is 0. The summed E-state index contributed by atoms with van der Waals surface area (Å²) in [6.45, 7) is 1.99. The highest BCUT2D eigenvalue weighted by molar-refractivity contribution is 6.31. The molecule has 1 aliphatic carbocycles. The molecule has 2 N–H and O–H groups in total. The summed E-state index contributed by atoms with van der Waals surface area (Å²) in [5, 5.41) is 0.905. The fourth-order valence-corrected chi connectivity index (χ4v) is 2.28. The third kappa shape index (κ3) is 1.59. The van der Waals surface area contributed by atoms with Crippen LogP contribution in [0.2, 0.25) is 5.02 Å². The van der Waals surface area contributed by atoms with Crippen molar-refractivity contribution in [1.82, 2.24) is 0 Å². The SMILES string of the molecule is C[C@H](N)c1cc(Cl)c2c(c1)CCC2. The molecule has 13 heavy (non-hydrogen) atoms. The van der Waals surface area contributed by atoms with E-state index >= 15 is 0 Å². The van der Waals surface area contributed by atoms with Crippen molar-refractivity contribution in [2.75, 3.05) is 0 Å². The molecule has 1 aromatic carbocycles. The zero-order valence-corrected chi connectivity index (χ0v) is 8.56. The van der Waals surface area contributed by atoms with E-state index < -0.39 is 0 Å². The van der Waals surface area contributed by atoms with E-state index in [2.05, 4.69) is 6.07 Å². The molecule has 0 amide bonds. The molecule has 1 aromatic rings. The van der Waals surface area contributed by atoms with Crippen LogP contribution in [0.1, 0.15) is 36.1 Å². The van der Waals surface area contributed by atoms with Crippen LogP contribution in [0.15, 0.2) is 12.1 Å². The molecule has 0 aliphatic heterocycles. The smallest absolute Gasteiger partial charge is 0.0444 e. The summed E-state index contributed by atoms with van der Waals surface area (Å²) in [5.41, 5.74) is 9.72. The summed E-state index contributed by atoms with van der Waals surface area (Å²) in [4.78, 5) is 0. The first-order chi connectivity index (χ1) is 6.18. The molecule has 0 saturated heterocycles.